The molecule has 8 nitrogen and oxygen atoms in total. The summed E-state index contributed by atoms with van der Waals surface area (Å²) in [5.74, 6) is 0.121. The summed E-state index contributed by atoms with van der Waals surface area (Å²) in [5, 5.41) is 8.07. The highest BCUT2D eigenvalue weighted by molar-refractivity contribution is 7.13. The minimum Gasteiger partial charge on any atom is -0.452 e. The minimum absolute atomic E-state index is 0.0836. The molecule has 0 bridgehead atoms. The van der Waals surface area contributed by atoms with Crippen LogP contribution in [0.3, 0.4) is 0 Å². The van der Waals surface area contributed by atoms with E-state index in [1.54, 1.807) is 19.9 Å². The van der Waals surface area contributed by atoms with Crippen LogP contribution in [0, 0.1) is 13.8 Å². The summed E-state index contributed by atoms with van der Waals surface area (Å²) in [6.07, 6.45) is -1.07. The Balaban J connectivity index is 1.57. The highest BCUT2D eigenvalue weighted by Crippen LogP contribution is 2.26. The first-order chi connectivity index (χ1) is 12.4. The molecule has 0 spiro atoms. The molecule has 1 atom stereocenters. The molecule has 0 fully saturated rings. The zero-order chi connectivity index (χ0) is 18.7. The second kappa shape index (κ2) is 7.52. The Morgan fingerprint density at radius 1 is 1.38 bits per heavy atom. The lowest BCUT2D eigenvalue weighted by Crippen LogP contribution is -2.30. The third kappa shape index (κ3) is 4.17. The molecular formula is C17H17N3O5S. The van der Waals surface area contributed by atoms with Crippen molar-refractivity contribution in [2.75, 3.05) is 5.32 Å². The Bertz CT molecular complexity index is 913. The lowest BCUT2D eigenvalue weighted by atomic mass is 10.2. The Kier molecular flexibility index (Phi) is 5.17. The average Bonchev–Trinajstić information content (AvgIpc) is 3.30. The van der Waals surface area contributed by atoms with Gasteiger partial charge in [-0.1, -0.05) is 11.2 Å². The molecule has 3 rings (SSSR count). The van der Waals surface area contributed by atoms with E-state index >= 15 is 0 Å². The number of nitrogens with one attached hydrogen (secondary N) is 1. The summed E-state index contributed by atoms with van der Waals surface area (Å²) >= 11 is 1.49. The molecule has 3 aromatic heterocycles. The summed E-state index contributed by atoms with van der Waals surface area (Å²) in [4.78, 5) is 29.4. The molecular weight excluding hydrogens is 358 g/mol. The first-order valence-electron chi connectivity index (χ1n) is 7.86. The quantitative estimate of drug-likeness (QED) is 0.660. The third-order valence-electron chi connectivity index (χ3n) is 3.49. The van der Waals surface area contributed by atoms with Crippen LogP contribution in [-0.2, 0) is 20.7 Å². The van der Waals surface area contributed by atoms with Crippen molar-refractivity contribution in [2.45, 2.75) is 33.3 Å². The number of anilines is 1. The van der Waals surface area contributed by atoms with Gasteiger partial charge in [-0.2, -0.15) is 0 Å². The van der Waals surface area contributed by atoms with Crippen LogP contribution in [0.5, 0.6) is 0 Å². The van der Waals surface area contributed by atoms with Gasteiger partial charge in [0.05, 0.1) is 22.7 Å². The van der Waals surface area contributed by atoms with Gasteiger partial charge in [-0.05, 0) is 32.2 Å². The molecule has 3 heterocycles. The highest BCUT2D eigenvalue weighted by Gasteiger charge is 2.22. The number of carbonyl (C=O) groups is 2. The summed E-state index contributed by atoms with van der Waals surface area (Å²) in [6, 6.07) is 5.34. The van der Waals surface area contributed by atoms with E-state index in [1.165, 1.54) is 18.3 Å². The molecule has 9 heteroatoms. The van der Waals surface area contributed by atoms with Crippen molar-refractivity contribution >= 4 is 29.1 Å². The molecule has 3 aromatic rings. The smallest absolute Gasteiger partial charge is 0.312 e. The van der Waals surface area contributed by atoms with Crippen LogP contribution in [-0.4, -0.2) is 28.1 Å². The topological polar surface area (TPSA) is 107 Å². The van der Waals surface area contributed by atoms with E-state index in [4.69, 9.17) is 13.7 Å². The Labute approximate surface area is 153 Å². The first kappa shape index (κ1) is 17.9. The predicted molar refractivity (Wildman–Crippen MR) is 93.7 cm³/mol. The zero-order valence-electron chi connectivity index (χ0n) is 14.4. The lowest BCUT2D eigenvalue weighted by molar-refractivity contribution is -0.152. The van der Waals surface area contributed by atoms with Gasteiger partial charge in [-0.3, -0.25) is 14.9 Å². The molecule has 0 aliphatic heterocycles. The van der Waals surface area contributed by atoms with Crippen LogP contribution < -0.4 is 5.32 Å². The maximum absolute atomic E-state index is 12.1. The van der Waals surface area contributed by atoms with Gasteiger partial charge in [0.25, 0.3) is 5.91 Å². The number of aromatic nitrogens is 2. The number of thiophene rings is 1. The fourth-order valence-corrected chi connectivity index (χ4v) is 2.82. The number of hydrogen-bond donors (Lipinski definition) is 1. The van der Waals surface area contributed by atoms with Gasteiger partial charge in [0.15, 0.2) is 6.10 Å². The van der Waals surface area contributed by atoms with Gasteiger partial charge < -0.3 is 13.7 Å². The molecule has 0 saturated heterocycles. The van der Waals surface area contributed by atoms with Gasteiger partial charge in [-0.15, -0.1) is 11.3 Å². The van der Waals surface area contributed by atoms with Crippen LogP contribution in [0.4, 0.5) is 5.88 Å². The van der Waals surface area contributed by atoms with Crippen molar-refractivity contribution in [1.29, 1.82) is 0 Å². The molecule has 136 valence electrons. The molecule has 0 aliphatic rings. The molecule has 1 N–H and O–H groups in total. The fraction of sp³-hybridized carbons (Fsp3) is 0.294. The van der Waals surface area contributed by atoms with Gasteiger partial charge >= 0.3 is 5.97 Å². The second-order valence-corrected chi connectivity index (χ2v) is 6.58. The summed E-state index contributed by atoms with van der Waals surface area (Å²) in [5.41, 5.74) is 1.12. The van der Waals surface area contributed by atoms with E-state index in [9.17, 15) is 9.59 Å². The number of ether oxygens (including phenoxy) is 1. The molecule has 1 amide bonds. The van der Waals surface area contributed by atoms with Gasteiger partial charge in [-0.25, -0.2) is 4.98 Å². The van der Waals surface area contributed by atoms with E-state index < -0.39 is 18.0 Å². The van der Waals surface area contributed by atoms with E-state index in [2.05, 4.69) is 15.5 Å². The predicted octanol–water partition coefficient (Wildman–Crippen LogP) is 3.12. The van der Waals surface area contributed by atoms with E-state index in [0.717, 1.165) is 4.88 Å². The van der Waals surface area contributed by atoms with Crippen molar-refractivity contribution in [3.63, 3.8) is 0 Å². The number of nitrogens with zero attached hydrogens (tertiary/aromatic N) is 2. The van der Waals surface area contributed by atoms with Crippen LogP contribution in [0.15, 0.2) is 32.5 Å². The Morgan fingerprint density at radius 2 is 2.19 bits per heavy atom. The molecule has 0 radical (unpaired) electrons. The van der Waals surface area contributed by atoms with Crippen molar-refractivity contribution in [3.05, 3.63) is 40.7 Å². The molecule has 26 heavy (non-hydrogen) atoms. The maximum atomic E-state index is 12.1. The summed E-state index contributed by atoms with van der Waals surface area (Å²) in [7, 11) is 0. The number of aryl methyl sites for hydroxylation is 2. The van der Waals surface area contributed by atoms with Gasteiger partial charge in [0.2, 0.25) is 11.8 Å². The average molecular weight is 375 g/mol. The van der Waals surface area contributed by atoms with Crippen molar-refractivity contribution in [1.82, 2.24) is 10.1 Å². The van der Waals surface area contributed by atoms with Crippen LogP contribution in [0.25, 0.3) is 10.8 Å². The minimum atomic E-state index is -0.989. The highest BCUT2D eigenvalue weighted by atomic mass is 32.1. The monoisotopic (exact) mass is 375 g/mol. The van der Waals surface area contributed by atoms with Crippen molar-refractivity contribution < 1.29 is 23.3 Å². The third-order valence-corrected chi connectivity index (χ3v) is 4.35. The molecule has 0 aromatic carbocycles. The van der Waals surface area contributed by atoms with Crippen molar-refractivity contribution in [3.8, 4) is 10.8 Å². The van der Waals surface area contributed by atoms with E-state index in [1.807, 2.05) is 17.5 Å². The normalized spacial score (nSPS) is 12.0. The summed E-state index contributed by atoms with van der Waals surface area (Å²) < 4.78 is 15.6. The Hall–Kier alpha value is -2.94. The zero-order valence-corrected chi connectivity index (χ0v) is 15.3. The van der Waals surface area contributed by atoms with Gasteiger partial charge in [0.1, 0.15) is 5.76 Å². The van der Waals surface area contributed by atoms with E-state index in [-0.39, 0.29) is 12.3 Å². The van der Waals surface area contributed by atoms with Crippen LogP contribution >= 0.6 is 11.3 Å². The maximum Gasteiger partial charge on any atom is 0.312 e. The fourth-order valence-electron chi connectivity index (χ4n) is 2.17. The first-order valence-corrected chi connectivity index (χ1v) is 8.74. The lowest BCUT2D eigenvalue weighted by Gasteiger charge is -2.11. The van der Waals surface area contributed by atoms with E-state index in [0.29, 0.717) is 23.0 Å². The number of amides is 1. The second-order valence-electron chi connectivity index (χ2n) is 5.63. The van der Waals surface area contributed by atoms with Crippen LogP contribution in [0.2, 0.25) is 0 Å². The number of esters is 1. The number of oxazole rings is 1. The summed E-state index contributed by atoms with van der Waals surface area (Å²) in [6.45, 7) is 4.94. The van der Waals surface area contributed by atoms with Crippen molar-refractivity contribution in [2.24, 2.45) is 0 Å². The SMILES string of the molecule is Cc1cc(NC(=O)C(C)OC(=O)Cc2nc(-c3cccs3)oc2C)on1. The molecule has 0 aliphatic carbocycles. The number of rotatable bonds is 6. The van der Waals surface area contributed by atoms with Crippen LogP contribution in [0.1, 0.15) is 24.1 Å². The van der Waals surface area contributed by atoms with Gasteiger partial charge in [0, 0.05) is 6.07 Å². The Morgan fingerprint density at radius 3 is 2.85 bits per heavy atom. The number of carbonyl (C=O) groups excluding carboxylic acids is 2. The molecule has 1 unspecified atom stereocenters. The standard InChI is InChI=1S/C17H17N3O5S/c1-9-7-14(25-20-9)19-16(22)11(3)23-15(21)8-12-10(2)24-17(18-12)13-5-4-6-26-13/h4-7,11H,8H2,1-3H3,(H,19,22). The molecule has 0 saturated carbocycles. The largest absolute Gasteiger partial charge is 0.452 e. The number of hydrogen-bond acceptors (Lipinski definition) is 8.